The Morgan fingerprint density at radius 1 is 1.19 bits per heavy atom. The lowest BCUT2D eigenvalue weighted by Crippen LogP contribution is -2.43. The third kappa shape index (κ3) is 7.90. The van der Waals surface area contributed by atoms with Crippen LogP contribution in [0.4, 0.5) is 10.1 Å². The van der Waals surface area contributed by atoms with Crippen LogP contribution < -0.4 is 16.0 Å². The molecule has 6 nitrogen and oxygen atoms in total. The van der Waals surface area contributed by atoms with E-state index in [1.165, 1.54) is 18.2 Å². The first kappa shape index (κ1) is 28.4. The van der Waals surface area contributed by atoms with Crippen molar-refractivity contribution in [2.75, 3.05) is 11.9 Å². The van der Waals surface area contributed by atoms with Crippen molar-refractivity contribution in [3.8, 4) is 0 Å². The van der Waals surface area contributed by atoms with Crippen molar-refractivity contribution < 1.29 is 19.1 Å². The van der Waals surface area contributed by atoms with Crippen molar-refractivity contribution in [3.05, 3.63) is 63.9 Å². The number of nitrogens with one attached hydrogen (secondary N) is 3. The van der Waals surface area contributed by atoms with Gasteiger partial charge in [-0.1, -0.05) is 56.1 Å². The molecule has 2 aromatic carbocycles. The Balaban J connectivity index is 0.000000383. The second kappa shape index (κ2) is 12.4. The van der Waals surface area contributed by atoms with E-state index in [-0.39, 0.29) is 46.4 Å². The van der Waals surface area contributed by atoms with E-state index in [1.54, 1.807) is 0 Å². The van der Waals surface area contributed by atoms with E-state index in [1.807, 2.05) is 24.3 Å². The molecular weight excluding hydrogens is 504 g/mol. The van der Waals surface area contributed by atoms with Crippen molar-refractivity contribution in [3.63, 3.8) is 0 Å². The van der Waals surface area contributed by atoms with Crippen molar-refractivity contribution in [2.45, 2.75) is 64.1 Å². The minimum atomic E-state index is -0.510. The molecule has 9 heteroatoms. The van der Waals surface area contributed by atoms with Crippen LogP contribution in [0.15, 0.2) is 42.5 Å². The highest BCUT2D eigenvalue weighted by molar-refractivity contribution is 6.31. The summed E-state index contributed by atoms with van der Waals surface area (Å²) in [6, 6.07) is 12.1. The minimum Gasteiger partial charge on any atom is -0.393 e. The normalized spacial score (nSPS) is 25.2. The van der Waals surface area contributed by atoms with Gasteiger partial charge < -0.3 is 21.1 Å². The Morgan fingerprint density at radius 2 is 1.92 bits per heavy atom. The van der Waals surface area contributed by atoms with Crippen LogP contribution in [0.1, 0.15) is 51.5 Å². The van der Waals surface area contributed by atoms with Gasteiger partial charge >= 0.3 is 0 Å². The zero-order valence-corrected chi connectivity index (χ0v) is 22.2. The Labute approximate surface area is 221 Å². The predicted octanol–water partition coefficient (Wildman–Crippen LogP) is 5.13. The number of hydrogen-bond acceptors (Lipinski definition) is 4. The van der Waals surface area contributed by atoms with Crippen LogP contribution in [-0.2, 0) is 9.59 Å². The van der Waals surface area contributed by atoms with Crippen molar-refractivity contribution in [1.29, 1.82) is 0 Å². The largest absolute Gasteiger partial charge is 0.393 e. The fourth-order valence-corrected chi connectivity index (χ4v) is 5.10. The van der Waals surface area contributed by atoms with E-state index in [9.17, 15) is 14.0 Å². The molecule has 1 aliphatic carbocycles. The van der Waals surface area contributed by atoms with Gasteiger partial charge in [-0.25, -0.2) is 4.39 Å². The molecule has 0 radical (unpaired) electrons. The predicted molar refractivity (Wildman–Crippen MR) is 142 cm³/mol. The SMILES string of the molecule is CC(C)(C)CC1NCC(c2cccc(Cl)c2)[C@@H]1C(=O)Nc1ccc(F)c(Cl)c1.O=CNC1CC(O)C1. The highest BCUT2D eigenvalue weighted by Gasteiger charge is 2.43. The number of carbonyl (C=O) groups excluding carboxylic acids is 2. The van der Waals surface area contributed by atoms with Gasteiger partial charge in [0.15, 0.2) is 0 Å². The van der Waals surface area contributed by atoms with Gasteiger partial charge in [0.05, 0.1) is 17.0 Å². The molecule has 2 aromatic rings. The summed E-state index contributed by atoms with van der Waals surface area (Å²) in [5.41, 5.74) is 1.59. The van der Waals surface area contributed by atoms with Crippen LogP contribution in [0, 0.1) is 17.2 Å². The van der Waals surface area contributed by atoms with Gasteiger partial charge in [-0.2, -0.15) is 0 Å². The smallest absolute Gasteiger partial charge is 0.229 e. The Hall–Kier alpha value is -2.19. The van der Waals surface area contributed by atoms with Gasteiger partial charge in [0.25, 0.3) is 0 Å². The lowest BCUT2D eigenvalue weighted by atomic mass is 9.78. The molecule has 36 heavy (non-hydrogen) atoms. The second-order valence-corrected chi connectivity index (χ2v) is 11.5. The summed E-state index contributed by atoms with van der Waals surface area (Å²) in [7, 11) is 0. The van der Waals surface area contributed by atoms with Gasteiger partial charge in [0.1, 0.15) is 5.82 Å². The topological polar surface area (TPSA) is 90.5 Å². The Bertz CT molecular complexity index is 1060. The highest BCUT2D eigenvalue weighted by atomic mass is 35.5. The van der Waals surface area contributed by atoms with Gasteiger partial charge in [-0.15, -0.1) is 0 Å². The summed E-state index contributed by atoms with van der Waals surface area (Å²) in [6.45, 7) is 7.19. The number of amides is 2. The van der Waals surface area contributed by atoms with Gasteiger partial charge in [0, 0.05) is 35.3 Å². The molecular formula is C27H34Cl2FN3O3. The van der Waals surface area contributed by atoms with Crippen molar-refractivity contribution >= 4 is 41.2 Å². The number of anilines is 1. The van der Waals surface area contributed by atoms with E-state index in [0.29, 0.717) is 23.7 Å². The van der Waals surface area contributed by atoms with E-state index in [4.69, 9.17) is 28.3 Å². The summed E-state index contributed by atoms with van der Waals surface area (Å²) in [5, 5.41) is 18.3. The van der Waals surface area contributed by atoms with Gasteiger partial charge in [0.2, 0.25) is 12.3 Å². The molecule has 4 N–H and O–H groups in total. The Kier molecular flexibility index (Phi) is 9.75. The summed E-state index contributed by atoms with van der Waals surface area (Å²) >= 11 is 12.0. The molecule has 0 spiro atoms. The zero-order chi connectivity index (χ0) is 26.5. The monoisotopic (exact) mass is 537 g/mol. The van der Waals surface area contributed by atoms with Crippen LogP contribution in [0.3, 0.4) is 0 Å². The van der Waals surface area contributed by atoms with E-state index in [0.717, 1.165) is 24.8 Å². The lowest BCUT2D eigenvalue weighted by Gasteiger charge is -2.30. The number of halogens is 3. The van der Waals surface area contributed by atoms with Crippen LogP contribution in [0.25, 0.3) is 0 Å². The third-order valence-electron chi connectivity index (χ3n) is 6.48. The Morgan fingerprint density at radius 3 is 2.50 bits per heavy atom. The summed E-state index contributed by atoms with van der Waals surface area (Å²) < 4.78 is 13.4. The standard InChI is InChI=1S/C22H25Cl2FN2O.C5H9NO2/c1-22(2,3)11-19-20(16(12-26-19)13-5-4-6-14(23)9-13)21(28)27-15-7-8-18(25)17(24)10-15;7-3-6-4-1-5(8)2-4/h4-10,16,19-20,26H,11-12H2,1-3H3,(H,27,28);3-5,8H,1-2H2,(H,6,7)/t16?,19?,20-;/m0./s1. The maximum absolute atomic E-state index is 13.4. The number of benzene rings is 2. The minimum absolute atomic E-state index is 0.00182. The molecule has 1 saturated carbocycles. The quantitative estimate of drug-likeness (QED) is 0.384. The molecule has 2 unspecified atom stereocenters. The van der Waals surface area contributed by atoms with E-state index in [2.05, 4.69) is 36.7 Å². The maximum Gasteiger partial charge on any atom is 0.229 e. The zero-order valence-electron chi connectivity index (χ0n) is 20.7. The average molecular weight is 538 g/mol. The first-order valence-corrected chi connectivity index (χ1v) is 12.8. The molecule has 0 bridgehead atoms. The number of aliphatic hydroxyl groups is 1. The first-order valence-electron chi connectivity index (χ1n) is 12.1. The fraction of sp³-hybridized carbons (Fsp3) is 0.481. The van der Waals surface area contributed by atoms with Gasteiger partial charge in [-0.3, -0.25) is 9.59 Å². The van der Waals surface area contributed by atoms with Crippen LogP contribution in [-0.4, -0.2) is 42.2 Å². The number of aliphatic hydroxyl groups excluding tert-OH is 1. The summed E-state index contributed by atoms with van der Waals surface area (Å²) in [4.78, 5) is 23.0. The molecule has 0 aromatic heterocycles. The fourth-order valence-electron chi connectivity index (χ4n) is 4.72. The number of rotatable bonds is 6. The number of hydrogen-bond donors (Lipinski definition) is 4. The first-order chi connectivity index (χ1) is 17.0. The molecule has 3 atom stereocenters. The molecule has 2 amide bonds. The molecule has 1 aliphatic heterocycles. The molecule has 2 aliphatic rings. The van der Waals surface area contributed by atoms with Crippen LogP contribution in [0.2, 0.25) is 10.0 Å². The second-order valence-electron chi connectivity index (χ2n) is 10.7. The van der Waals surface area contributed by atoms with E-state index < -0.39 is 5.82 Å². The molecule has 4 rings (SSSR count). The van der Waals surface area contributed by atoms with Crippen LogP contribution in [0.5, 0.6) is 0 Å². The molecule has 1 heterocycles. The summed E-state index contributed by atoms with van der Waals surface area (Å²) in [6.07, 6.45) is 2.80. The molecule has 196 valence electrons. The number of carbonyl (C=O) groups is 2. The average Bonchev–Trinajstić information content (AvgIpc) is 3.18. The maximum atomic E-state index is 13.4. The van der Waals surface area contributed by atoms with Crippen molar-refractivity contribution in [1.82, 2.24) is 10.6 Å². The molecule has 2 fully saturated rings. The van der Waals surface area contributed by atoms with Gasteiger partial charge in [-0.05, 0) is 60.6 Å². The third-order valence-corrected chi connectivity index (χ3v) is 7.01. The van der Waals surface area contributed by atoms with Crippen molar-refractivity contribution in [2.24, 2.45) is 11.3 Å². The lowest BCUT2D eigenvalue weighted by molar-refractivity contribution is -0.120. The van der Waals surface area contributed by atoms with E-state index >= 15 is 0 Å². The molecule has 1 saturated heterocycles. The summed E-state index contributed by atoms with van der Waals surface area (Å²) in [5.74, 6) is -0.889. The van der Waals surface area contributed by atoms with Crippen LogP contribution >= 0.6 is 23.2 Å². The highest BCUT2D eigenvalue weighted by Crippen LogP contribution is 2.38.